The molecule has 1 heterocycles. The Bertz CT molecular complexity index is 795. The maximum Gasteiger partial charge on any atom is 0.315 e. The summed E-state index contributed by atoms with van der Waals surface area (Å²) < 4.78 is 5.15. The number of hydrogen-bond acceptors (Lipinski definition) is 3. The Labute approximate surface area is 165 Å². The highest BCUT2D eigenvalue weighted by Crippen LogP contribution is 2.18. The molecular formula is C22H27N3O3. The van der Waals surface area contributed by atoms with Crippen molar-refractivity contribution in [3.63, 3.8) is 0 Å². The Morgan fingerprint density at radius 2 is 1.93 bits per heavy atom. The topological polar surface area (TPSA) is 70.7 Å². The molecule has 0 radical (unpaired) electrons. The molecular weight excluding hydrogens is 354 g/mol. The van der Waals surface area contributed by atoms with E-state index in [1.807, 2.05) is 59.5 Å². The van der Waals surface area contributed by atoms with Gasteiger partial charge in [0.25, 0.3) is 0 Å². The van der Waals surface area contributed by atoms with Crippen molar-refractivity contribution in [3.8, 4) is 0 Å². The van der Waals surface area contributed by atoms with Gasteiger partial charge in [-0.25, -0.2) is 4.79 Å². The number of rotatable bonds is 8. The minimum Gasteiger partial charge on any atom is -0.380 e. The van der Waals surface area contributed by atoms with Crippen LogP contribution in [0.25, 0.3) is 0 Å². The molecule has 28 heavy (non-hydrogen) atoms. The summed E-state index contributed by atoms with van der Waals surface area (Å²) in [4.78, 5) is 26.4. The third-order valence-corrected chi connectivity index (χ3v) is 4.84. The average Bonchev–Trinajstić information content (AvgIpc) is 3.12. The highest BCUT2D eigenvalue weighted by molar-refractivity contribution is 5.78. The number of nitrogens with zero attached hydrogens (tertiary/aromatic N) is 1. The van der Waals surface area contributed by atoms with Gasteiger partial charge in [0.1, 0.15) is 0 Å². The smallest absolute Gasteiger partial charge is 0.315 e. The summed E-state index contributed by atoms with van der Waals surface area (Å²) in [7, 11) is 1.66. The molecule has 148 valence electrons. The molecule has 1 aliphatic rings. The molecule has 6 heteroatoms. The van der Waals surface area contributed by atoms with Gasteiger partial charge in [0.15, 0.2) is 0 Å². The van der Waals surface area contributed by atoms with Crippen LogP contribution in [0.2, 0.25) is 0 Å². The number of likely N-dealkylation sites (tertiary alicyclic amines) is 1. The van der Waals surface area contributed by atoms with Gasteiger partial charge in [-0.2, -0.15) is 0 Å². The van der Waals surface area contributed by atoms with Crippen LogP contribution < -0.4 is 10.6 Å². The molecule has 3 amide bonds. The Morgan fingerprint density at radius 3 is 2.64 bits per heavy atom. The van der Waals surface area contributed by atoms with Gasteiger partial charge in [0.05, 0.1) is 12.6 Å². The lowest BCUT2D eigenvalue weighted by Gasteiger charge is -2.25. The number of methoxy groups -OCH3 is 1. The zero-order valence-corrected chi connectivity index (χ0v) is 16.2. The van der Waals surface area contributed by atoms with Crippen LogP contribution >= 0.6 is 0 Å². The molecule has 0 bridgehead atoms. The average molecular weight is 381 g/mol. The first-order chi connectivity index (χ1) is 13.7. The fraction of sp³-hybridized carbons (Fsp3) is 0.364. The Hall–Kier alpha value is -2.86. The first kappa shape index (κ1) is 19.9. The second kappa shape index (κ2) is 9.90. The number of carbonyl (C=O) groups is 2. The van der Waals surface area contributed by atoms with Crippen molar-refractivity contribution < 1.29 is 14.3 Å². The van der Waals surface area contributed by atoms with E-state index in [1.165, 1.54) is 0 Å². The number of urea groups is 1. The van der Waals surface area contributed by atoms with Gasteiger partial charge >= 0.3 is 6.03 Å². The maximum absolute atomic E-state index is 12.5. The van der Waals surface area contributed by atoms with Crippen LogP contribution in [0.3, 0.4) is 0 Å². The molecule has 0 aliphatic carbocycles. The number of amides is 3. The molecule has 1 atom stereocenters. The van der Waals surface area contributed by atoms with E-state index in [-0.39, 0.29) is 18.0 Å². The van der Waals surface area contributed by atoms with Crippen molar-refractivity contribution in [2.45, 2.75) is 32.0 Å². The van der Waals surface area contributed by atoms with E-state index >= 15 is 0 Å². The number of nitrogens with one attached hydrogen (secondary N) is 2. The van der Waals surface area contributed by atoms with Crippen molar-refractivity contribution in [1.29, 1.82) is 0 Å². The van der Waals surface area contributed by atoms with Crippen LogP contribution in [0.4, 0.5) is 4.79 Å². The van der Waals surface area contributed by atoms with Crippen molar-refractivity contribution in [2.24, 2.45) is 0 Å². The lowest BCUT2D eigenvalue weighted by Crippen LogP contribution is -2.42. The molecule has 6 nitrogen and oxygen atoms in total. The second-order valence-electron chi connectivity index (χ2n) is 6.99. The van der Waals surface area contributed by atoms with Gasteiger partial charge in [-0.05, 0) is 23.1 Å². The largest absolute Gasteiger partial charge is 0.380 e. The Balaban J connectivity index is 1.60. The highest BCUT2D eigenvalue weighted by atomic mass is 16.5. The molecule has 1 unspecified atom stereocenters. The molecule has 0 saturated carbocycles. The molecule has 2 aromatic carbocycles. The van der Waals surface area contributed by atoms with Gasteiger partial charge in [-0.1, -0.05) is 54.6 Å². The number of hydrogen-bond donors (Lipinski definition) is 2. The summed E-state index contributed by atoms with van der Waals surface area (Å²) in [5.74, 6) is 0.151. The van der Waals surface area contributed by atoms with Gasteiger partial charge in [0, 0.05) is 33.2 Å². The van der Waals surface area contributed by atoms with E-state index in [0.29, 0.717) is 26.1 Å². The Morgan fingerprint density at radius 1 is 1.14 bits per heavy atom. The summed E-state index contributed by atoms with van der Waals surface area (Å²) in [6.45, 7) is 2.20. The number of carbonyl (C=O) groups excluding carboxylic acids is 2. The molecule has 2 N–H and O–H groups in total. The first-order valence-corrected chi connectivity index (χ1v) is 9.59. The van der Waals surface area contributed by atoms with Crippen molar-refractivity contribution in [2.75, 3.05) is 20.2 Å². The van der Waals surface area contributed by atoms with Crippen LogP contribution in [-0.2, 0) is 22.7 Å². The molecule has 1 fully saturated rings. The summed E-state index contributed by atoms with van der Waals surface area (Å²) in [5, 5.41) is 5.93. The minimum atomic E-state index is -0.252. The quantitative estimate of drug-likeness (QED) is 0.738. The van der Waals surface area contributed by atoms with Gasteiger partial charge in [0.2, 0.25) is 5.91 Å². The van der Waals surface area contributed by atoms with Crippen molar-refractivity contribution >= 4 is 11.9 Å². The van der Waals surface area contributed by atoms with E-state index in [0.717, 1.165) is 29.7 Å². The van der Waals surface area contributed by atoms with E-state index in [1.54, 1.807) is 7.11 Å². The van der Waals surface area contributed by atoms with Crippen LogP contribution in [0.1, 0.15) is 35.6 Å². The van der Waals surface area contributed by atoms with E-state index < -0.39 is 0 Å². The van der Waals surface area contributed by atoms with E-state index in [2.05, 4.69) is 10.6 Å². The molecule has 0 spiro atoms. The molecule has 1 saturated heterocycles. The fourth-order valence-corrected chi connectivity index (χ4v) is 3.42. The first-order valence-electron chi connectivity index (χ1n) is 9.59. The predicted octanol–water partition coefficient (Wildman–Crippen LogP) is 3.00. The summed E-state index contributed by atoms with van der Waals surface area (Å²) >= 11 is 0. The molecule has 0 aromatic heterocycles. The van der Waals surface area contributed by atoms with Crippen LogP contribution in [0.5, 0.6) is 0 Å². The van der Waals surface area contributed by atoms with Crippen molar-refractivity contribution in [1.82, 2.24) is 15.5 Å². The maximum atomic E-state index is 12.5. The lowest BCUT2D eigenvalue weighted by molar-refractivity contribution is -0.128. The monoisotopic (exact) mass is 381 g/mol. The fourth-order valence-electron chi connectivity index (χ4n) is 3.42. The van der Waals surface area contributed by atoms with E-state index in [4.69, 9.17) is 4.74 Å². The minimum absolute atomic E-state index is 0.151. The van der Waals surface area contributed by atoms with Crippen LogP contribution in [-0.4, -0.2) is 37.0 Å². The van der Waals surface area contributed by atoms with Crippen LogP contribution in [0.15, 0.2) is 54.6 Å². The second-order valence-corrected chi connectivity index (χ2v) is 6.99. The summed E-state index contributed by atoms with van der Waals surface area (Å²) in [6.07, 6.45) is 1.47. The Kier molecular flexibility index (Phi) is 7.03. The standard InChI is InChI=1S/C22H27N3O3/c1-28-16-18-8-5-7-17(13-18)14-23-22(27)24-20(19-9-3-2-4-10-19)15-25-12-6-11-21(25)26/h2-5,7-10,13,20H,6,11-12,14-16H2,1H3,(H2,23,24,27). The van der Waals surface area contributed by atoms with Gasteiger partial charge < -0.3 is 20.3 Å². The van der Waals surface area contributed by atoms with Crippen molar-refractivity contribution in [3.05, 3.63) is 71.3 Å². The SMILES string of the molecule is COCc1cccc(CNC(=O)NC(CN2CCCC2=O)c2ccccc2)c1. The third-order valence-electron chi connectivity index (χ3n) is 4.84. The summed E-state index contributed by atoms with van der Waals surface area (Å²) in [6, 6.07) is 17.2. The van der Waals surface area contributed by atoms with Gasteiger partial charge in [-0.15, -0.1) is 0 Å². The predicted molar refractivity (Wildman–Crippen MR) is 108 cm³/mol. The zero-order valence-electron chi connectivity index (χ0n) is 16.2. The van der Waals surface area contributed by atoms with Crippen LogP contribution in [0, 0.1) is 0 Å². The summed E-state index contributed by atoms with van der Waals surface area (Å²) in [5.41, 5.74) is 3.06. The van der Waals surface area contributed by atoms with Gasteiger partial charge in [-0.3, -0.25) is 4.79 Å². The zero-order chi connectivity index (χ0) is 19.8. The lowest BCUT2D eigenvalue weighted by atomic mass is 10.1. The number of benzene rings is 2. The van der Waals surface area contributed by atoms with E-state index in [9.17, 15) is 9.59 Å². The third kappa shape index (κ3) is 5.57. The molecule has 1 aliphatic heterocycles. The molecule has 3 rings (SSSR count). The molecule has 2 aromatic rings. The number of ether oxygens (including phenoxy) is 1. The normalized spacial score (nSPS) is 14.8. The highest BCUT2D eigenvalue weighted by Gasteiger charge is 2.25.